The van der Waals surface area contributed by atoms with E-state index in [0.717, 1.165) is 24.1 Å². The van der Waals surface area contributed by atoms with E-state index in [9.17, 15) is 9.90 Å². The molecule has 0 radical (unpaired) electrons. The van der Waals surface area contributed by atoms with Crippen molar-refractivity contribution in [3.63, 3.8) is 0 Å². The average molecular weight is 205 g/mol. The van der Waals surface area contributed by atoms with Gasteiger partial charge in [0.15, 0.2) is 5.78 Å². The summed E-state index contributed by atoms with van der Waals surface area (Å²) < 4.78 is 0. The molecule has 0 aromatic heterocycles. The Bertz CT molecular complexity index is 379. The van der Waals surface area contributed by atoms with Gasteiger partial charge in [-0.3, -0.25) is 9.79 Å². The summed E-state index contributed by atoms with van der Waals surface area (Å²) in [4.78, 5) is 15.9. The molecular formula is C12H15NO2. The highest BCUT2D eigenvalue weighted by Gasteiger charge is 2.38. The largest absolute Gasteiger partial charge is 0.378 e. The van der Waals surface area contributed by atoms with Gasteiger partial charge in [0.1, 0.15) is 5.60 Å². The van der Waals surface area contributed by atoms with Crippen molar-refractivity contribution in [1.82, 2.24) is 0 Å². The average Bonchev–Trinajstić information content (AvgIpc) is 2.63. The van der Waals surface area contributed by atoms with Gasteiger partial charge in [0.2, 0.25) is 0 Å². The van der Waals surface area contributed by atoms with Crippen LogP contribution in [0.5, 0.6) is 0 Å². The zero-order chi connectivity index (χ0) is 10.9. The smallest absolute Gasteiger partial charge is 0.172 e. The van der Waals surface area contributed by atoms with Gasteiger partial charge in [-0.05, 0) is 24.1 Å². The summed E-state index contributed by atoms with van der Waals surface area (Å²) >= 11 is 0. The van der Waals surface area contributed by atoms with Crippen LogP contribution in [-0.2, 0) is 4.79 Å². The third kappa shape index (κ3) is 1.79. The second-order valence-corrected chi connectivity index (χ2v) is 4.13. The molecule has 15 heavy (non-hydrogen) atoms. The maximum atomic E-state index is 11.8. The minimum absolute atomic E-state index is 0.101. The number of carbonyl (C=O) groups is 1. The Morgan fingerprint density at radius 2 is 2.40 bits per heavy atom. The Kier molecular flexibility index (Phi) is 2.57. The van der Waals surface area contributed by atoms with Crippen LogP contribution in [0.25, 0.3) is 0 Å². The summed E-state index contributed by atoms with van der Waals surface area (Å²) in [7, 11) is 0. The van der Waals surface area contributed by atoms with Crippen molar-refractivity contribution in [3.8, 4) is 0 Å². The normalized spacial score (nSPS) is 28.8. The first kappa shape index (κ1) is 10.3. The maximum absolute atomic E-state index is 11.8. The van der Waals surface area contributed by atoms with Crippen LogP contribution in [0.2, 0.25) is 0 Å². The number of hydrogen-bond donors (Lipinski definition) is 1. The fraction of sp³-hybridized carbons (Fsp3) is 0.500. The number of hydrogen-bond acceptors (Lipinski definition) is 3. The molecule has 0 amide bonds. The lowest BCUT2D eigenvalue weighted by Gasteiger charge is -2.27. The third-order valence-electron chi connectivity index (χ3n) is 2.94. The molecule has 0 bridgehead atoms. The Morgan fingerprint density at radius 3 is 3.13 bits per heavy atom. The predicted octanol–water partition coefficient (Wildman–Crippen LogP) is 1.78. The number of unbranched alkanes of at least 4 members (excludes halogenated alkanes) is 1. The second-order valence-electron chi connectivity index (χ2n) is 4.13. The predicted molar refractivity (Wildman–Crippen MR) is 58.8 cm³/mol. The van der Waals surface area contributed by atoms with Crippen molar-refractivity contribution >= 4 is 12.0 Å². The molecule has 1 unspecified atom stereocenters. The first-order chi connectivity index (χ1) is 7.15. The quantitative estimate of drug-likeness (QED) is 0.763. The van der Waals surface area contributed by atoms with Crippen LogP contribution in [-0.4, -0.2) is 22.7 Å². The number of allylic oxidation sites excluding steroid dienone is 2. The van der Waals surface area contributed by atoms with E-state index in [2.05, 4.69) is 4.99 Å². The Labute approximate surface area is 89.2 Å². The highest BCUT2D eigenvalue weighted by Crippen LogP contribution is 2.33. The van der Waals surface area contributed by atoms with Gasteiger partial charge in [-0.1, -0.05) is 19.8 Å². The SMILES string of the molecule is CCCCC1(O)C=C2N=CC=C2CC1=O. The number of aliphatic imine (C=N–C) groups is 1. The summed E-state index contributed by atoms with van der Waals surface area (Å²) in [5.41, 5.74) is 0.430. The maximum Gasteiger partial charge on any atom is 0.172 e. The van der Waals surface area contributed by atoms with Gasteiger partial charge < -0.3 is 5.11 Å². The summed E-state index contributed by atoms with van der Waals surface area (Å²) in [5.74, 6) is -0.101. The number of fused-ring (bicyclic) bond motifs is 1. The minimum Gasteiger partial charge on any atom is -0.378 e. The topological polar surface area (TPSA) is 49.7 Å². The van der Waals surface area contributed by atoms with E-state index in [0.29, 0.717) is 12.8 Å². The van der Waals surface area contributed by atoms with Crippen molar-refractivity contribution in [1.29, 1.82) is 0 Å². The molecule has 0 spiro atoms. The monoisotopic (exact) mass is 205 g/mol. The van der Waals surface area contributed by atoms with Crippen molar-refractivity contribution in [2.75, 3.05) is 0 Å². The molecule has 80 valence electrons. The van der Waals surface area contributed by atoms with E-state index in [1.54, 1.807) is 12.3 Å². The highest BCUT2D eigenvalue weighted by atomic mass is 16.3. The molecule has 0 fully saturated rings. The van der Waals surface area contributed by atoms with Gasteiger partial charge in [0.05, 0.1) is 5.70 Å². The van der Waals surface area contributed by atoms with Gasteiger partial charge in [0, 0.05) is 12.6 Å². The van der Waals surface area contributed by atoms with E-state index in [1.807, 2.05) is 13.0 Å². The second kappa shape index (κ2) is 3.74. The molecule has 2 aliphatic rings. The van der Waals surface area contributed by atoms with E-state index in [-0.39, 0.29) is 5.78 Å². The first-order valence-electron chi connectivity index (χ1n) is 5.38. The van der Waals surface area contributed by atoms with Crippen LogP contribution in [0.1, 0.15) is 32.6 Å². The van der Waals surface area contributed by atoms with Crippen LogP contribution in [0.15, 0.2) is 28.4 Å². The van der Waals surface area contributed by atoms with Crippen LogP contribution in [0.4, 0.5) is 0 Å². The highest BCUT2D eigenvalue weighted by molar-refractivity contribution is 5.96. The zero-order valence-corrected chi connectivity index (χ0v) is 8.86. The standard InChI is InChI=1S/C12H15NO2/c1-2-3-5-12(15)8-10-9(4-6-13-10)7-11(12)14/h4,6,8,15H,2-3,5,7H2,1H3. The number of carbonyl (C=O) groups excluding carboxylic acids is 1. The van der Waals surface area contributed by atoms with E-state index in [1.165, 1.54) is 0 Å². The van der Waals surface area contributed by atoms with Gasteiger partial charge >= 0.3 is 0 Å². The molecular weight excluding hydrogens is 190 g/mol. The van der Waals surface area contributed by atoms with Crippen molar-refractivity contribution in [2.45, 2.75) is 38.2 Å². The fourth-order valence-corrected chi connectivity index (χ4v) is 1.95. The molecule has 0 saturated carbocycles. The van der Waals surface area contributed by atoms with E-state index in [4.69, 9.17) is 0 Å². The summed E-state index contributed by atoms with van der Waals surface area (Å²) in [6, 6.07) is 0. The van der Waals surface area contributed by atoms with Gasteiger partial charge in [-0.2, -0.15) is 0 Å². The number of Topliss-reactive ketones (excluding diaryl/α,β-unsaturated/α-hetero) is 1. The lowest BCUT2D eigenvalue weighted by Crippen LogP contribution is -2.39. The van der Waals surface area contributed by atoms with Crippen LogP contribution >= 0.6 is 0 Å². The molecule has 3 heteroatoms. The molecule has 0 saturated heterocycles. The lowest BCUT2D eigenvalue weighted by molar-refractivity contribution is -0.133. The zero-order valence-electron chi connectivity index (χ0n) is 8.86. The van der Waals surface area contributed by atoms with Crippen LogP contribution in [0, 0.1) is 0 Å². The van der Waals surface area contributed by atoms with Crippen molar-refractivity contribution in [3.05, 3.63) is 23.4 Å². The van der Waals surface area contributed by atoms with Gasteiger partial charge in [-0.15, -0.1) is 0 Å². The molecule has 1 aliphatic heterocycles. The van der Waals surface area contributed by atoms with Crippen LogP contribution < -0.4 is 0 Å². The Morgan fingerprint density at radius 1 is 1.60 bits per heavy atom. The molecule has 0 aromatic rings. The molecule has 3 nitrogen and oxygen atoms in total. The fourth-order valence-electron chi connectivity index (χ4n) is 1.95. The lowest BCUT2D eigenvalue weighted by atomic mass is 9.82. The number of rotatable bonds is 3. The third-order valence-corrected chi connectivity index (χ3v) is 2.94. The molecule has 1 aliphatic carbocycles. The first-order valence-corrected chi connectivity index (χ1v) is 5.38. The van der Waals surface area contributed by atoms with Gasteiger partial charge in [0.25, 0.3) is 0 Å². The minimum atomic E-state index is -1.27. The Hall–Kier alpha value is -1.22. The summed E-state index contributed by atoms with van der Waals surface area (Å²) in [6.45, 7) is 2.04. The van der Waals surface area contributed by atoms with E-state index < -0.39 is 5.60 Å². The van der Waals surface area contributed by atoms with Crippen LogP contribution in [0.3, 0.4) is 0 Å². The van der Waals surface area contributed by atoms with Crippen molar-refractivity contribution in [2.24, 2.45) is 4.99 Å². The molecule has 1 N–H and O–H groups in total. The van der Waals surface area contributed by atoms with E-state index >= 15 is 0 Å². The molecule has 0 aromatic carbocycles. The number of aliphatic hydroxyl groups is 1. The number of nitrogens with zero attached hydrogens (tertiary/aromatic N) is 1. The van der Waals surface area contributed by atoms with Gasteiger partial charge in [-0.25, -0.2) is 0 Å². The molecule has 2 rings (SSSR count). The number of ketones is 1. The Balaban J connectivity index is 2.25. The summed E-state index contributed by atoms with van der Waals surface area (Å²) in [5, 5.41) is 10.2. The molecule has 1 atom stereocenters. The van der Waals surface area contributed by atoms with Crippen molar-refractivity contribution < 1.29 is 9.90 Å². The summed E-state index contributed by atoms with van der Waals surface area (Å²) in [6.07, 6.45) is 7.78. The molecule has 1 heterocycles.